The molecule has 0 unspecified atom stereocenters. The number of esters is 1. The van der Waals surface area contributed by atoms with Crippen LogP contribution in [0.15, 0.2) is 42.5 Å². The largest absolute Gasteiger partial charge is 0.454 e. The van der Waals surface area contributed by atoms with Crippen molar-refractivity contribution in [3.8, 4) is 0 Å². The van der Waals surface area contributed by atoms with Crippen molar-refractivity contribution in [3.63, 3.8) is 0 Å². The molecule has 0 aromatic heterocycles. The number of nitrogens with one attached hydrogen (secondary N) is 2. The van der Waals surface area contributed by atoms with E-state index in [1.54, 1.807) is 6.07 Å². The second-order valence-corrected chi connectivity index (χ2v) is 6.29. The number of carbonyl (C=O) groups is 3. The number of alkyl halides is 3. The van der Waals surface area contributed by atoms with Gasteiger partial charge in [0, 0.05) is 11.3 Å². The summed E-state index contributed by atoms with van der Waals surface area (Å²) in [6.45, 7) is 2.67. The van der Waals surface area contributed by atoms with Crippen LogP contribution in [0.2, 0.25) is 0 Å². The van der Waals surface area contributed by atoms with Gasteiger partial charge in [-0.05, 0) is 49.7 Å². The summed E-state index contributed by atoms with van der Waals surface area (Å²) in [6.07, 6.45) is -4.50. The van der Waals surface area contributed by atoms with Crippen LogP contribution in [-0.2, 0) is 20.5 Å². The van der Waals surface area contributed by atoms with Crippen LogP contribution < -0.4 is 10.6 Å². The van der Waals surface area contributed by atoms with E-state index in [1.165, 1.54) is 0 Å². The summed E-state index contributed by atoms with van der Waals surface area (Å²) < 4.78 is 42.3. The van der Waals surface area contributed by atoms with Gasteiger partial charge in [0.05, 0.1) is 5.56 Å². The van der Waals surface area contributed by atoms with Crippen LogP contribution >= 0.6 is 0 Å². The molecule has 0 atom stereocenters. The van der Waals surface area contributed by atoms with Crippen LogP contribution in [-0.4, -0.2) is 30.9 Å². The van der Waals surface area contributed by atoms with E-state index < -0.39 is 42.7 Å². The van der Waals surface area contributed by atoms with Crippen molar-refractivity contribution in [2.24, 2.45) is 0 Å². The predicted octanol–water partition coefficient (Wildman–Crippen LogP) is 3.23. The molecule has 0 saturated heterocycles. The molecule has 0 heterocycles. The molecule has 0 radical (unpaired) electrons. The van der Waals surface area contributed by atoms with Gasteiger partial charge in [0.2, 0.25) is 0 Å². The fraction of sp³-hybridized carbons (Fsp3) is 0.250. The number of benzene rings is 2. The average molecular weight is 408 g/mol. The summed E-state index contributed by atoms with van der Waals surface area (Å²) in [4.78, 5) is 35.4. The molecular formula is C20H19F3N2O4. The number of anilines is 1. The summed E-state index contributed by atoms with van der Waals surface area (Å²) in [6, 6.07) is 8.98. The summed E-state index contributed by atoms with van der Waals surface area (Å²) in [5, 5.41) is 4.82. The molecule has 6 nitrogen and oxygen atoms in total. The highest BCUT2D eigenvalue weighted by molar-refractivity contribution is 5.96. The number of carbonyl (C=O) groups excluding carboxylic acids is 3. The summed E-state index contributed by atoms with van der Waals surface area (Å²) in [5.41, 5.74) is 1.55. The monoisotopic (exact) mass is 408 g/mol. The smallest absolute Gasteiger partial charge is 0.416 e. The zero-order chi connectivity index (χ0) is 21.6. The van der Waals surface area contributed by atoms with Gasteiger partial charge in [0.1, 0.15) is 6.54 Å². The molecule has 2 N–H and O–H groups in total. The first kappa shape index (κ1) is 21.9. The molecule has 29 heavy (non-hydrogen) atoms. The number of amides is 2. The van der Waals surface area contributed by atoms with E-state index in [-0.39, 0.29) is 5.56 Å². The van der Waals surface area contributed by atoms with Crippen LogP contribution in [0.3, 0.4) is 0 Å². The Morgan fingerprint density at radius 3 is 2.24 bits per heavy atom. The van der Waals surface area contributed by atoms with Gasteiger partial charge in [-0.3, -0.25) is 14.4 Å². The van der Waals surface area contributed by atoms with Crippen molar-refractivity contribution in [2.75, 3.05) is 18.5 Å². The summed E-state index contributed by atoms with van der Waals surface area (Å²) in [7, 11) is 0. The van der Waals surface area contributed by atoms with Gasteiger partial charge in [-0.25, -0.2) is 0 Å². The number of halogens is 3. The molecule has 9 heteroatoms. The minimum atomic E-state index is -4.50. The fourth-order valence-corrected chi connectivity index (χ4v) is 2.40. The molecule has 0 fully saturated rings. The molecule has 0 aliphatic heterocycles. The van der Waals surface area contributed by atoms with Gasteiger partial charge < -0.3 is 15.4 Å². The standard InChI is InChI=1S/C20H19F3N2O4/c1-12-3-8-16(13(2)9-12)25-17(26)11-29-18(27)10-24-19(28)14-4-6-15(7-5-14)20(21,22)23/h3-9H,10-11H2,1-2H3,(H,24,28)(H,25,26). The van der Waals surface area contributed by atoms with Gasteiger partial charge in [-0.2, -0.15) is 13.2 Å². The predicted molar refractivity (Wildman–Crippen MR) is 99.3 cm³/mol. The van der Waals surface area contributed by atoms with Crippen molar-refractivity contribution in [2.45, 2.75) is 20.0 Å². The SMILES string of the molecule is Cc1ccc(NC(=O)COC(=O)CNC(=O)c2ccc(C(F)(F)F)cc2)c(C)c1. The highest BCUT2D eigenvalue weighted by Gasteiger charge is 2.30. The molecule has 2 amide bonds. The molecule has 0 saturated carbocycles. The van der Waals surface area contributed by atoms with E-state index >= 15 is 0 Å². The van der Waals surface area contributed by atoms with Crippen LogP contribution in [0, 0.1) is 13.8 Å². The molecule has 154 valence electrons. The van der Waals surface area contributed by atoms with E-state index in [4.69, 9.17) is 4.74 Å². The molecule has 2 aromatic rings. The number of hydrogen-bond donors (Lipinski definition) is 2. The van der Waals surface area contributed by atoms with E-state index in [0.717, 1.165) is 35.4 Å². The number of rotatable bonds is 6. The van der Waals surface area contributed by atoms with E-state index in [2.05, 4.69) is 10.6 Å². The molecule has 0 aliphatic rings. The Hall–Kier alpha value is -3.36. The first-order valence-electron chi connectivity index (χ1n) is 8.54. The summed E-state index contributed by atoms with van der Waals surface area (Å²) >= 11 is 0. The van der Waals surface area contributed by atoms with Gasteiger partial charge in [-0.15, -0.1) is 0 Å². The lowest BCUT2D eigenvalue weighted by atomic mass is 10.1. The fourth-order valence-electron chi connectivity index (χ4n) is 2.40. The Morgan fingerprint density at radius 2 is 1.66 bits per heavy atom. The Balaban J connectivity index is 1.77. The van der Waals surface area contributed by atoms with Crippen molar-refractivity contribution in [1.29, 1.82) is 0 Å². The summed E-state index contributed by atoms with van der Waals surface area (Å²) in [5.74, 6) is -2.14. The first-order valence-corrected chi connectivity index (χ1v) is 8.54. The van der Waals surface area contributed by atoms with Crippen LogP contribution in [0.5, 0.6) is 0 Å². The lowest BCUT2D eigenvalue weighted by Gasteiger charge is -2.10. The van der Waals surface area contributed by atoms with E-state index in [0.29, 0.717) is 5.69 Å². The number of aryl methyl sites for hydroxylation is 2. The van der Waals surface area contributed by atoms with Crippen molar-refractivity contribution < 1.29 is 32.3 Å². The van der Waals surface area contributed by atoms with E-state index in [1.807, 2.05) is 26.0 Å². The first-order chi connectivity index (χ1) is 13.6. The van der Waals surface area contributed by atoms with E-state index in [9.17, 15) is 27.6 Å². The third-order valence-electron chi connectivity index (χ3n) is 3.89. The Morgan fingerprint density at radius 1 is 1.00 bits per heavy atom. The second kappa shape index (κ2) is 9.22. The normalized spacial score (nSPS) is 10.9. The lowest BCUT2D eigenvalue weighted by Crippen LogP contribution is -2.32. The van der Waals surface area contributed by atoms with Crippen molar-refractivity contribution >= 4 is 23.5 Å². The average Bonchev–Trinajstić information content (AvgIpc) is 2.66. The molecule has 0 spiro atoms. The third-order valence-corrected chi connectivity index (χ3v) is 3.89. The number of ether oxygens (including phenoxy) is 1. The van der Waals surface area contributed by atoms with Crippen LogP contribution in [0.4, 0.5) is 18.9 Å². The Bertz CT molecular complexity index is 909. The molecule has 2 rings (SSSR count). The van der Waals surface area contributed by atoms with Gasteiger partial charge in [0.25, 0.3) is 11.8 Å². The third kappa shape index (κ3) is 6.63. The van der Waals surface area contributed by atoms with Crippen molar-refractivity contribution in [1.82, 2.24) is 5.32 Å². The second-order valence-electron chi connectivity index (χ2n) is 6.29. The Kier molecular flexibility index (Phi) is 6.98. The minimum absolute atomic E-state index is 0.0432. The highest BCUT2D eigenvalue weighted by Crippen LogP contribution is 2.29. The van der Waals surface area contributed by atoms with Gasteiger partial charge >= 0.3 is 12.1 Å². The van der Waals surface area contributed by atoms with Gasteiger partial charge in [0.15, 0.2) is 6.61 Å². The maximum atomic E-state index is 12.5. The van der Waals surface area contributed by atoms with Crippen molar-refractivity contribution in [3.05, 3.63) is 64.7 Å². The molecule has 2 aromatic carbocycles. The van der Waals surface area contributed by atoms with Crippen LogP contribution in [0.25, 0.3) is 0 Å². The number of hydrogen-bond acceptors (Lipinski definition) is 4. The van der Waals surface area contributed by atoms with Crippen LogP contribution in [0.1, 0.15) is 27.0 Å². The van der Waals surface area contributed by atoms with Gasteiger partial charge in [-0.1, -0.05) is 17.7 Å². The maximum absolute atomic E-state index is 12.5. The zero-order valence-electron chi connectivity index (χ0n) is 15.7. The Labute approximate surface area is 165 Å². The quantitative estimate of drug-likeness (QED) is 0.719. The lowest BCUT2D eigenvalue weighted by molar-refractivity contribution is -0.146. The zero-order valence-corrected chi connectivity index (χ0v) is 15.7. The molecular weight excluding hydrogens is 389 g/mol. The molecule has 0 aliphatic carbocycles. The molecule has 0 bridgehead atoms. The maximum Gasteiger partial charge on any atom is 0.416 e. The minimum Gasteiger partial charge on any atom is -0.454 e. The topological polar surface area (TPSA) is 84.5 Å². The highest BCUT2D eigenvalue weighted by atomic mass is 19.4.